The standard InChI is InChI=1S/C11H14Cl2N2O3S/c1-2-5-19(17,18)14-7-11(16)15-10-4-3-8(12)6-9(10)13/h3-4,6,14H,2,5,7H2,1H3,(H,15,16). The Kier molecular flexibility index (Phi) is 6.06. The molecular formula is C11H14Cl2N2O3S. The maximum Gasteiger partial charge on any atom is 0.239 e. The zero-order chi connectivity index (χ0) is 14.5. The van der Waals surface area contributed by atoms with E-state index < -0.39 is 15.9 Å². The normalized spacial score (nSPS) is 11.3. The van der Waals surface area contributed by atoms with Crippen molar-refractivity contribution in [1.82, 2.24) is 4.72 Å². The average molecular weight is 325 g/mol. The summed E-state index contributed by atoms with van der Waals surface area (Å²) in [7, 11) is -3.40. The molecule has 1 aromatic carbocycles. The van der Waals surface area contributed by atoms with Crippen LogP contribution < -0.4 is 10.0 Å². The Morgan fingerprint density at radius 3 is 2.58 bits per heavy atom. The second kappa shape index (κ2) is 7.09. The number of anilines is 1. The van der Waals surface area contributed by atoms with Crippen LogP contribution in [0, 0.1) is 0 Å². The molecule has 1 amide bonds. The van der Waals surface area contributed by atoms with Gasteiger partial charge in [0.2, 0.25) is 15.9 Å². The number of halogens is 2. The number of carbonyl (C=O) groups is 1. The Labute approximate surface area is 122 Å². The van der Waals surface area contributed by atoms with Crippen LogP contribution in [0.15, 0.2) is 18.2 Å². The Morgan fingerprint density at radius 2 is 2.00 bits per heavy atom. The Hall–Kier alpha value is -0.820. The van der Waals surface area contributed by atoms with E-state index in [0.29, 0.717) is 17.1 Å². The molecule has 0 unspecified atom stereocenters. The van der Waals surface area contributed by atoms with Crippen LogP contribution in [0.4, 0.5) is 5.69 Å². The molecule has 5 nitrogen and oxygen atoms in total. The van der Waals surface area contributed by atoms with Crippen LogP contribution >= 0.6 is 23.2 Å². The highest BCUT2D eigenvalue weighted by atomic mass is 35.5. The van der Waals surface area contributed by atoms with Crippen molar-refractivity contribution >= 4 is 44.8 Å². The third kappa shape index (κ3) is 5.78. The minimum Gasteiger partial charge on any atom is -0.324 e. The van der Waals surface area contributed by atoms with Crippen LogP contribution in [0.2, 0.25) is 10.0 Å². The summed E-state index contributed by atoms with van der Waals surface area (Å²) in [5, 5.41) is 3.24. The van der Waals surface area contributed by atoms with Crippen LogP contribution in [-0.4, -0.2) is 26.6 Å². The van der Waals surface area contributed by atoms with E-state index in [1.807, 2.05) is 0 Å². The molecule has 0 aromatic heterocycles. The third-order valence-corrected chi connectivity index (χ3v) is 4.21. The first-order chi connectivity index (χ1) is 8.84. The molecule has 0 atom stereocenters. The Bertz CT molecular complexity index is 561. The average Bonchev–Trinajstić information content (AvgIpc) is 2.30. The highest BCUT2D eigenvalue weighted by Crippen LogP contribution is 2.25. The second-order valence-corrected chi connectivity index (χ2v) is 6.58. The lowest BCUT2D eigenvalue weighted by molar-refractivity contribution is -0.115. The lowest BCUT2D eigenvalue weighted by atomic mass is 10.3. The van der Waals surface area contributed by atoms with E-state index in [2.05, 4.69) is 10.0 Å². The number of nitrogens with one attached hydrogen (secondary N) is 2. The van der Waals surface area contributed by atoms with Crippen molar-refractivity contribution in [2.45, 2.75) is 13.3 Å². The van der Waals surface area contributed by atoms with Gasteiger partial charge in [-0.2, -0.15) is 0 Å². The molecule has 2 N–H and O–H groups in total. The van der Waals surface area contributed by atoms with Crippen molar-refractivity contribution in [2.75, 3.05) is 17.6 Å². The summed E-state index contributed by atoms with van der Waals surface area (Å²) in [5.41, 5.74) is 0.380. The molecule has 0 saturated carbocycles. The first-order valence-electron chi connectivity index (χ1n) is 5.56. The monoisotopic (exact) mass is 324 g/mol. The van der Waals surface area contributed by atoms with Crippen LogP contribution in [0.3, 0.4) is 0 Å². The van der Waals surface area contributed by atoms with Gasteiger partial charge in [-0.05, 0) is 24.6 Å². The highest BCUT2D eigenvalue weighted by molar-refractivity contribution is 7.89. The summed E-state index contributed by atoms with van der Waals surface area (Å²) in [6.07, 6.45) is 0.486. The molecular weight excluding hydrogens is 311 g/mol. The largest absolute Gasteiger partial charge is 0.324 e. The smallest absolute Gasteiger partial charge is 0.239 e. The number of sulfonamides is 1. The van der Waals surface area contributed by atoms with Crippen LogP contribution in [-0.2, 0) is 14.8 Å². The molecule has 19 heavy (non-hydrogen) atoms. The van der Waals surface area contributed by atoms with E-state index in [1.165, 1.54) is 6.07 Å². The molecule has 0 radical (unpaired) electrons. The SMILES string of the molecule is CCCS(=O)(=O)NCC(=O)Nc1ccc(Cl)cc1Cl. The molecule has 1 rings (SSSR count). The first kappa shape index (κ1) is 16.2. The number of rotatable bonds is 6. The van der Waals surface area contributed by atoms with Crippen molar-refractivity contribution in [3.05, 3.63) is 28.2 Å². The molecule has 0 spiro atoms. The van der Waals surface area contributed by atoms with Gasteiger partial charge < -0.3 is 5.32 Å². The van der Waals surface area contributed by atoms with Gasteiger partial charge in [0.05, 0.1) is 23.0 Å². The number of amides is 1. The van der Waals surface area contributed by atoms with E-state index in [1.54, 1.807) is 19.1 Å². The number of hydrogen-bond acceptors (Lipinski definition) is 3. The highest BCUT2D eigenvalue weighted by Gasteiger charge is 2.12. The zero-order valence-electron chi connectivity index (χ0n) is 10.2. The summed E-state index contributed by atoms with van der Waals surface area (Å²) >= 11 is 11.6. The van der Waals surface area contributed by atoms with E-state index in [0.717, 1.165) is 0 Å². The molecule has 0 fully saturated rings. The predicted octanol–water partition coefficient (Wildman–Crippen LogP) is 2.26. The van der Waals surface area contributed by atoms with Crippen molar-refractivity contribution in [2.24, 2.45) is 0 Å². The van der Waals surface area contributed by atoms with Gasteiger partial charge >= 0.3 is 0 Å². The van der Waals surface area contributed by atoms with E-state index in [4.69, 9.17) is 23.2 Å². The second-order valence-electron chi connectivity index (χ2n) is 3.81. The molecule has 106 valence electrons. The van der Waals surface area contributed by atoms with Gasteiger partial charge in [0.1, 0.15) is 0 Å². The number of hydrogen-bond donors (Lipinski definition) is 2. The topological polar surface area (TPSA) is 75.3 Å². The van der Waals surface area contributed by atoms with Gasteiger partial charge in [-0.15, -0.1) is 0 Å². The van der Waals surface area contributed by atoms with Gasteiger partial charge in [-0.25, -0.2) is 13.1 Å². The Balaban J connectivity index is 2.56. The molecule has 8 heteroatoms. The molecule has 0 saturated heterocycles. The molecule has 0 heterocycles. The fourth-order valence-corrected chi connectivity index (χ4v) is 2.79. The van der Waals surface area contributed by atoms with Crippen molar-refractivity contribution < 1.29 is 13.2 Å². The first-order valence-corrected chi connectivity index (χ1v) is 7.97. The summed E-state index contributed by atoms with van der Waals surface area (Å²) in [6, 6.07) is 4.60. The number of carbonyl (C=O) groups excluding carboxylic acids is 1. The van der Waals surface area contributed by atoms with Crippen molar-refractivity contribution in [3.63, 3.8) is 0 Å². The molecule has 1 aromatic rings. The summed E-state index contributed by atoms with van der Waals surface area (Å²) in [4.78, 5) is 11.6. The van der Waals surface area contributed by atoms with Gasteiger partial charge in [0.15, 0.2) is 0 Å². The van der Waals surface area contributed by atoms with Crippen LogP contribution in [0.1, 0.15) is 13.3 Å². The predicted molar refractivity (Wildman–Crippen MR) is 77.2 cm³/mol. The molecule has 0 aliphatic rings. The summed E-state index contributed by atoms with van der Waals surface area (Å²) in [5.74, 6) is -0.508. The Morgan fingerprint density at radius 1 is 1.32 bits per heavy atom. The fourth-order valence-electron chi connectivity index (χ4n) is 1.30. The van der Waals surface area contributed by atoms with Gasteiger partial charge in [0.25, 0.3) is 0 Å². The van der Waals surface area contributed by atoms with Crippen molar-refractivity contribution in [1.29, 1.82) is 0 Å². The lowest BCUT2D eigenvalue weighted by Gasteiger charge is -2.08. The lowest BCUT2D eigenvalue weighted by Crippen LogP contribution is -2.34. The zero-order valence-corrected chi connectivity index (χ0v) is 12.6. The molecule has 0 aliphatic carbocycles. The van der Waals surface area contributed by atoms with E-state index in [9.17, 15) is 13.2 Å². The minimum atomic E-state index is -3.40. The third-order valence-electron chi connectivity index (χ3n) is 2.13. The molecule has 0 aliphatic heterocycles. The maximum absolute atomic E-state index is 11.6. The number of benzene rings is 1. The summed E-state index contributed by atoms with van der Waals surface area (Å²) < 4.78 is 24.9. The van der Waals surface area contributed by atoms with Gasteiger partial charge in [0, 0.05) is 5.02 Å². The fraction of sp³-hybridized carbons (Fsp3) is 0.364. The van der Waals surface area contributed by atoms with E-state index >= 15 is 0 Å². The van der Waals surface area contributed by atoms with E-state index in [-0.39, 0.29) is 17.3 Å². The van der Waals surface area contributed by atoms with Gasteiger partial charge in [-0.1, -0.05) is 30.1 Å². The maximum atomic E-state index is 11.6. The minimum absolute atomic E-state index is 0.0119. The summed E-state index contributed by atoms with van der Waals surface area (Å²) in [6.45, 7) is 1.41. The van der Waals surface area contributed by atoms with Crippen molar-refractivity contribution in [3.8, 4) is 0 Å². The van der Waals surface area contributed by atoms with Gasteiger partial charge in [-0.3, -0.25) is 4.79 Å². The van der Waals surface area contributed by atoms with Crippen LogP contribution in [0.25, 0.3) is 0 Å². The van der Waals surface area contributed by atoms with Crippen LogP contribution in [0.5, 0.6) is 0 Å². The quantitative estimate of drug-likeness (QED) is 0.842. The molecule has 0 bridgehead atoms.